The van der Waals surface area contributed by atoms with Crippen LogP contribution in [0, 0.1) is 11.8 Å². The number of aromatic nitrogens is 3. The number of fused-ring (bicyclic) bond motifs is 2. The number of hydrogen-bond acceptors (Lipinski definition) is 4. The van der Waals surface area contributed by atoms with Gasteiger partial charge in [-0.1, -0.05) is 35.5 Å². The first-order chi connectivity index (χ1) is 13.9. The highest BCUT2D eigenvalue weighted by Gasteiger charge is 2.53. The quantitative estimate of drug-likeness (QED) is 0.709. The van der Waals surface area contributed by atoms with Crippen LogP contribution >= 0.6 is 0 Å². The van der Waals surface area contributed by atoms with E-state index in [1.165, 1.54) is 38.5 Å². The highest BCUT2D eigenvalue weighted by Crippen LogP contribution is 2.53. The molecule has 5 rings (SSSR count). The van der Waals surface area contributed by atoms with Gasteiger partial charge in [0.2, 0.25) is 0 Å². The molecule has 2 bridgehead atoms. The molecule has 0 radical (unpaired) electrons. The average Bonchev–Trinajstić information content (AvgIpc) is 3.41. The maximum atomic E-state index is 6.94. The summed E-state index contributed by atoms with van der Waals surface area (Å²) in [6, 6.07) is 10.6. The average molecular weight is 395 g/mol. The van der Waals surface area contributed by atoms with Crippen LogP contribution in [-0.2, 0) is 4.84 Å². The molecule has 0 spiro atoms. The Labute approximate surface area is 174 Å². The fraction of sp³-hybridized carbons (Fsp3) is 0.667. The zero-order valence-corrected chi connectivity index (χ0v) is 18.2. The number of piperidine rings is 1. The summed E-state index contributed by atoms with van der Waals surface area (Å²) in [6.07, 6.45) is 9.77. The van der Waals surface area contributed by atoms with Crippen molar-refractivity contribution in [3.63, 3.8) is 0 Å². The molecule has 156 valence electrons. The molecule has 3 fully saturated rings. The van der Waals surface area contributed by atoms with Crippen LogP contribution in [0.5, 0.6) is 0 Å². The van der Waals surface area contributed by atoms with E-state index in [1.54, 1.807) is 0 Å². The first-order valence-electron chi connectivity index (χ1n) is 11.3. The summed E-state index contributed by atoms with van der Waals surface area (Å²) in [5.74, 6) is 1.27. The van der Waals surface area contributed by atoms with Crippen LogP contribution in [0.1, 0.15) is 72.3 Å². The second-order valence-electron chi connectivity index (χ2n) is 10.6. The third-order valence-corrected chi connectivity index (χ3v) is 7.59. The second kappa shape index (κ2) is 6.92. The van der Waals surface area contributed by atoms with Crippen molar-refractivity contribution in [3.05, 3.63) is 36.5 Å². The smallest absolute Gasteiger partial charge is 0.113 e. The number of rotatable bonds is 4. The van der Waals surface area contributed by atoms with Crippen LogP contribution in [0.2, 0.25) is 0 Å². The van der Waals surface area contributed by atoms with E-state index in [1.807, 2.05) is 6.07 Å². The Hall–Kier alpha value is -1.72. The summed E-state index contributed by atoms with van der Waals surface area (Å²) >= 11 is 0. The lowest BCUT2D eigenvalue weighted by Gasteiger charge is -2.53. The zero-order chi connectivity index (χ0) is 20.2. The monoisotopic (exact) mass is 394 g/mol. The van der Waals surface area contributed by atoms with Crippen LogP contribution in [-0.4, -0.2) is 37.2 Å². The van der Waals surface area contributed by atoms with Crippen molar-refractivity contribution in [1.82, 2.24) is 20.1 Å². The Morgan fingerprint density at radius 2 is 1.66 bits per heavy atom. The van der Waals surface area contributed by atoms with Crippen LogP contribution in [0.4, 0.5) is 0 Å². The molecule has 2 heterocycles. The zero-order valence-electron chi connectivity index (χ0n) is 18.2. The molecule has 0 amide bonds. The number of hydrogen-bond donors (Lipinski definition) is 0. The highest BCUT2D eigenvalue weighted by molar-refractivity contribution is 5.57. The lowest BCUT2D eigenvalue weighted by atomic mass is 9.82. The highest BCUT2D eigenvalue weighted by atomic mass is 16.7. The van der Waals surface area contributed by atoms with Gasteiger partial charge in [0.25, 0.3) is 0 Å². The molecule has 1 aromatic heterocycles. The summed E-state index contributed by atoms with van der Waals surface area (Å²) in [5.41, 5.74) is 2.20. The predicted molar refractivity (Wildman–Crippen MR) is 114 cm³/mol. The Bertz CT molecular complexity index is 843. The Morgan fingerprint density at radius 3 is 2.38 bits per heavy atom. The standard InChI is InChI=1S/C24H34N4O/c1-23(2)13-8-14-24(3,4)28(23)29-22-19-12-11-18(15-19)21(22)27-16-20(25-26-27)17-9-6-5-7-10-17/h5-7,9-10,16,18-19,21-22H,8,11-15H2,1-4H3/t18-,19+,21+,22+/m0/s1. The fourth-order valence-corrected chi connectivity index (χ4v) is 6.27. The van der Waals surface area contributed by atoms with Gasteiger partial charge in [-0.3, -0.25) is 4.84 Å². The van der Waals surface area contributed by atoms with Crippen molar-refractivity contribution in [1.29, 1.82) is 0 Å². The number of benzene rings is 1. The summed E-state index contributed by atoms with van der Waals surface area (Å²) in [4.78, 5) is 6.94. The largest absolute Gasteiger partial charge is 0.292 e. The maximum Gasteiger partial charge on any atom is 0.113 e. The lowest BCUT2D eigenvalue weighted by Crippen LogP contribution is -2.60. The molecule has 2 aromatic rings. The molecule has 1 saturated heterocycles. The molecule has 29 heavy (non-hydrogen) atoms. The lowest BCUT2D eigenvalue weighted by molar-refractivity contribution is -0.317. The van der Waals surface area contributed by atoms with Gasteiger partial charge in [0.1, 0.15) is 11.8 Å². The van der Waals surface area contributed by atoms with E-state index in [2.05, 4.69) is 78.2 Å². The molecule has 5 nitrogen and oxygen atoms in total. The van der Waals surface area contributed by atoms with Gasteiger partial charge < -0.3 is 0 Å². The normalized spacial score (nSPS) is 33.2. The summed E-state index contributed by atoms with van der Waals surface area (Å²) < 4.78 is 2.11. The van der Waals surface area contributed by atoms with E-state index in [0.717, 1.165) is 11.3 Å². The van der Waals surface area contributed by atoms with E-state index in [9.17, 15) is 0 Å². The first kappa shape index (κ1) is 19.3. The molecule has 2 aliphatic carbocycles. The van der Waals surface area contributed by atoms with Crippen molar-refractivity contribution in [3.8, 4) is 11.3 Å². The third kappa shape index (κ3) is 3.32. The molecule has 3 aliphatic rings. The van der Waals surface area contributed by atoms with E-state index >= 15 is 0 Å². The van der Waals surface area contributed by atoms with Gasteiger partial charge in [0, 0.05) is 16.6 Å². The van der Waals surface area contributed by atoms with E-state index < -0.39 is 0 Å². The van der Waals surface area contributed by atoms with E-state index in [0.29, 0.717) is 11.8 Å². The Kier molecular flexibility index (Phi) is 4.59. The molecule has 0 unspecified atom stereocenters. The van der Waals surface area contributed by atoms with Crippen molar-refractivity contribution in [2.45, 2.75) is 89.4 Å². The predicted octanol–water partition coefficient (Wildman–Crippen LogP) is 5.26. The van der Waals surface area contributed by atoms with Gasteiger partial charge in [-0.2, -0.15) is 5.06 Å². The number of hydroxylamine groups is 2. The minimum atomic E-state index is 0.0612. The first-order valence-corrected chi connectivity index (χ1v) is 11.3. The van der Waals surface area contributed by atoms with Crippen LogP contribution in [0.3, 0.4) is 0 Å². The van der Waals surface area contributed by atoms with Crippen LogP contribution in [0.25, 0.3) is 11.3 Å². The molecule has 5 heteroatoms. The summed E-state index contributed by atoms with van der Waals surface area (Å²) in [7, 11) is 0. The summed E-state index contributed by atoms with van der Waals surface area (Å²) in [6.45, 7) is 9.33. The van der Waals surface area contributed by atoms with Gasteiger partial charge in [-0.15, -0.1) is 5.10 Å². The molecule has 0 N–H and O–H groups in total. The Balaban J connectivity index is 1.43. The number of nitrogens with zero attached hydrogens (tertiary/aromatic N) is 4. The Morgan fingerprint density at radius 1 is 0.966 bits per heavy atom. The van der Waals surface area contributed by atoms with Gasteiger partial charge in [0.05, 0.1) is 12.2 Å². The van der Waals surface area contributed by atoms with Gasteiger partial charge in [-0.05, 0) is 78.1 Å². The van der Waals surface area contributed by atoms with Crippen LogP contribution < -0.4 is 0 Å². The van der Waals surface area contributed by atoms with Gasteiger partial charge in [0.15, 0.2) is 0 Å². The SMILES string of the molecule is CC1(C)CCCC(C)(C)N1O[C@@H]1[C@@H]2CC[C@@H](C2)[C@H]1n1cc(-c2ccccc2)nn1. The molecule has 1 aliphatic heterocycles. The van der Waals surface area contributed by atoms with E-state index in [4.69, 9.17) is 4.84 Å². The van der Waals surface area contributed by atoms with Gasteiger partial charge >= 0.3 is 0 Å². The minimum absolute atomic E-state index is 0.0612. The minimum Gasteiger partial charge on any atom is -0.292 e. The third-order valence-electron chi connectivity index (χ3n) is 7.59. The molecule has 4 atom stereocenters. The molecule has 2 saturated carbocycles. The van der Waals surface area contributed by atoms with Crippen molar-refractivity contribution in [2.75, 3.05) is 0 Å². The maximum absolute atomic E-state index is 6.94. The van der Waals surface area contributed by atoms with Crippen LogP contribution in [0.15, 0.2) is 36.5 Å². The molecular formula is C24H34N4O. The molecular weight excluding hydrogens is 360 g/mol. The van der Waals surface area contributed by atoms with E-state index in [-0.39, 0.29) is 23.2 Å². The fourth-order valence-electron chi connectivity index (χ4n) is 6.27. The molecule has 1 aromatic carbocycles. The van der Waals surface area contributed by atoms with Crippen molar-refractivity contribution >= 4 is 0 Å². The topological polar surface area (TPSA) is 43.2 Å². The summed E-state index contributed by atoms with van der Waals surface area (Å²) in [5, 5.41) is 11.4. The van der Waals surface area contributed by atoms with Crippen molar-refractivity contribution in [2.24, 2.45) is 11.8 Å². The van der Waals surface area contributed by atoms with Crippen molar-refractivity contribution < 1.29 is 4.84 Å². The van der Waals surface area contributed by atoms with Gasteiger partial charge in [-0.25, -0.2) is 4.68 Å². The second-order valence-corrected chi connectivity index (χ2v) is 10.6.